The highest BCUT2D eigenvalue weighted by Gasteiger charge is 2.23. The summed E-state index contributed by atoms with van der Waals surface area (Å²) < 4.78 is 27.9. The molecule has 0 atom stereocenters. The van der Waals surface area contributed by atoms with Gasteiger partial charge in [0.25, 0.3) is 0 Å². The van der Waals surface area contributed by atoms with Crippen molar-refractivity contribution < 1.29 is 13.2 Å². The van der Waals surface area contributed by atoms with E-state index in [1.54, 1.807) is 24.3 Å². The summed E-state index contributed by atoms with van der Waals surface area (Å²) in [6.07, 6.45) is 4.49. The average Bonchev–Trinajstić information content (AvgIpc) is 3.12. The first kappa shape index (κ1) is 21.6. The van der Waals surface area contributed by atoms with Crippen molar-refractivity contribution in [2.75, 3.05) is 29.4 Å². The van der Waals surface area contributed by atoms with E-state index in [1.165, 1.54) is 28.7 Å². The quantitative estimate of drug-likeness (QED) is 0.589. The Morgan fingerprint density at radius 2 is 1.83 bits per heavy atom. The highest BCUT2D eigenvalue weighted by molar-refractivity contribution is 7.99. The molecular formula is C19H27N5O3S2. The second-order valence-corrected chi connectivity index (χ2v) is 9.83. The molecule has 1 fully saturated rings. The van der Waals surface area contributed by atoms with Crippen molar-refractivity contribution in [2.45, 2.75) is 44.4 Å². The van der Waals surface area contributed by atoms with Crippen LogP contribution in [0.5, 0.6) is 0 Å². The van der Waals surface area contributed by atoms with Gasteiger partial charge in [-0.2, -0.15) is 0 Å². The Morgan fingerprint density at radius 3 is 2.45 bits per heavy atom. The highest BCUT2D eigenvalue weighted by Crippen LogP contribution is 2.23. The third-order valence-corrected chi connectivity index (χ3v) is 6.96. The Bertz CT molecular complexity index is 925. The van der Waals surface area contributed by atoms with Crippen molar-refractivity contribution in [3.05, 3.63) is 36.2 Å². The van der Waals surface area contributed by atoms with Gasteiger partial charge in [0.1, 0.15) is 0 Å². The minimum absolute atomic E-state index is 0.0876. The molecular weight excluding hydrogens is 410 g/mol. The second kappa shape index (κ2) is 9.62. The topological polar surface area (TPSA) is 88.4 Å². The average molecular weight is 438 g/mol. The van der Waals surface area contributed by atoms with E-state index in [1.807, 2.05) is 22.5 Å². The Balaban J connectivity index is 1.73. The molecule has 0 spiro atoms. The predicted molar refractivity (Wildman–Crippen MR) is 114 cm³/mol. The van der Waals surface area contributed by atoms with E-state index in [9.17, 15) is 13.2 Å². The smallest absolute Gasteiger partial charge is 0.233 e. The molecule has 0 unspecified atom stereocenters. The first-order chi connectivity index (χ1) is 13.9. The fraction of sp³-hybridized carbons (Fsp3) is 0.526. The first-order valence-electron chi connectivity index (χ1n) is 9.75. The summed E-state index contributed by atoms with van der Waals surface area (Å²) in [5.74, 6) is 0.978. The number of carbonyl (C=O) groups excluding carboxylic acids is 1. The number of piperidine rings is 1. The Hall–Kier alpha value is -2.07. The number of likely N-dealkylation sites (tertiary alicyclic amines) is 1. The van der Waals surface area contributed by atoms with Crippen LogP contribution in [0.4, 0.5) is 5.69 Å². The Labute approximate surface area is 176 Å². The maximum absolute atomic E-state index is 12.4. The Kier molecular flexibility index (Phi) is 7.18. The molecule has 0 radical (unpaired) electrons. The number of hydrogen-bond donors (Lipinski definition) is 0. The molecule has 1 aromatic carbocycles. The number of para-hydroxylation sites is 1. The molecule has 2 aromatic rings. The molecule has 1 aliphatic rings. The maximum Gasteiger partial charge on any atom is 0.233 e. The molecule has 1 amide bonds. The van der Waals surface area contributed by atoms with Crippen molar-refractivity contribution in [1.29, 1.82) is 0 Å². The first-order valence-corrected chi connectivity index (χ1v) is 12.6. The van der Waals surface area contributed by atoms with E-state index >= 15 is 0 Å². The number of nitrogens with zero attached hydrogens (tertiary/aromatic N) is 5. The molecule has 0 saturated carbocycles. The molecule has 0 N–H and O–H groups in total. The van der Waals surface area contributed by atoms with Crippen molar-refractivity contribution >= 4 is 33.4 Å². The largest absolute Gasteiger partial charge is 0.342 e. The molecule has 2 heterocycles. The van der Waals surface area contributed by atoms with Crippen molar-refractivity contribution in [3.63, 3.8) is 0 Å². The number of carbonyl (C=O) groups is 1. The van der Waals surface area contributed by atoms with Gasteiger partial charge in [0, 0.05) is 19.6 Å². The number of aromatic nitrogens is 3. The van der Waals surface area contributed by atoms with Crippen LogP contribution in [0.15, 0.2) is 35.5 Å². The third-order valence-electron chi connectivity index (χ3n) is 4.87. The van der Waals surface area contributed by atoms with Crippen LogP contribution in [0.2, 0.25) is 0 Å². The van der Waals surface area contributed by atoms with Gasteiger partial charge >= 0.3 is 0 Å². The molecule has 1 saturated heterocycles. The molecule has 8 nitrogen and oxygen atoms in total. The molecule has 158 valence electrons. The maximum atomic E-state index is 12.4. The van der Waals surface area contributed by atoms with E-state index in [0.717, 1.165) is 25.9 Å². The van der Waals surface area contributed by atoms with Gasteiger partial charge in [0.2, 0.25) is 15.9 Å². The molecule has 10 heteroatoms. The number of rotatable bonds is 8. The molecule has 1 aromatic heterocycles. The van der Waals surface area contributed by atoms with Gasteiger partial charge in [-0.25, -0.2) is 8.42 Å². The fourth-order valence-electron chi connectivity index (χ4n) is 3.34. The molecule has 0 aliphatic carbocycles. The van der Waals surface area contributed by atoms with Crippen LogP contribution in [0.3, 0.4) is 0 Å². The van der Waals surface area contributed by atoms with Crippen LogP contribution in [0.25, 0.3) is 0 Å². The van der Waals surface area contributed by atoms with Crippen LogP contribution < -0.4 is 4.31 Å². The Morgan fingerprint density at radius 1 is 1.14 bits per heavy atom. The summed E-state index contributed by atoms with van der Waals surface area (Å²) >= 11 is 1.35. The van der Waals surface area contributed by atoms with Gasteiger partial charge in [-0.3, -0.25) is 9.10 Å². The molecule has 29 heavy (non-hydrogen) atoms. The van der Waals surface area contributed by atoms with E-state index in [0.29, 0.717) is 29.0 Å². The van der Waals surface area contributed by atoms with Crippen LogP contribution in [0.1, 0.15) is 32.0 Å². The SMILES string of the molecule is CCn1c(CN(c2ccccc2)S(C)(=O)=O)nnc1SCC(=O)N1CCCCC1. The molecule has 1 aliphatic heterocycles. The summed E-state index contributed by atoms with van der Waals surface area (Å²) in [4.78, 5) is 14.3. The lowest BCUT2D eigenvalue weighted by Crippen LogP contribution is -2.36. The van der Waals surface area contributed by atoms with Crippen LogP contribution in [-0.2, 0) is 27.9 Å². The van der Waals surface area contributed by atoms with Gasteiger partial charge in [0.05, 0.1) is 24.2 Å². The van der Waals surface area contributed by atoms with E-state index in [-0.39, 0.29) is 12.5 Å². The minimum atomic E-state index is -3.49. The summed E-state index contributed by atoms with van der Waals surface area (Å²) in [7, 11) is -3.49. The third kappa shape index (κ3) is 5.51. The lowest BCUT2D eigenvalue weighted by atomic mass is 10.1. The number of benzene rings is 1. The zero-order valence-electron chi connectivity index (χ0n) is 16.8. The normalized spacial score (nSPS) is 14.8. The number of sulfonamides is 1. The number of amides is 1. The van der Waals surface area contributed by atoms with E-state index in [4.69, 9.17) is 0 Å². The second-order valence-electron chi connectivity index (χ2n) is 6.98. The summed E-state index contributed by atoms with van der Waals surface area (Å²) in [5, 5.41) is 9.07. The summed E-state index contributed by atoms with van der Waals surface area (Å²) in [5.41, 5.74) is 0.579. The number of anilines is 1. The number of hydrogen-bond acceptors (Lipinski definition) is 6. The lowest BCUT2D eigenvalue weighted by Gasteiger charge is -2.26. The van der Waals surface area contributed by atoms with Crippen LogP contribution in [0, 0.1) is 0 Å². The zero-order valence-corrected chi connectivity index (χ0v) is 18.5. The van der Waals surface area contributed by atoms with Crippen molar-refractivity contribution in [1.82, 2.24) is 19.7 Å². The van der Waals surface area contributed by atoms with E-state index < -0.39 is 10.0 Å². The minimum Gasteiger partial charge on any atom is -0.342 e. The molecule has 3 rings (SSSR count). The zero-order chi connectivity index (χ0) is 20.9. The van der Waals surface area contributed by atoms with Gasteiger partial charge in [-0.05, 0) is 38.3 Å². The van der Waals surface area contributed by atoms with Crippen molar-refractivity contribution in [3.8, 4) is 0 Å². The van der Waals surface area contributed by atoms with Gasteiger partial charge < -0.3 is 9.47 Å². The molecule has 0 bridgehead atoms. The van der Waals surface area contributed by atoms with Gasteiger partial charge in [0.15, 0.2) is 11.0 Å². The monoisotopic (exact) mass is 437 g/mol. The van der Waals surface area contributed by atoms with Crippen LogP contribution >= 0.6 is 11.8 Å². The van der Waals surface area contributed by atoms with Gasteiger partial charge in [-0.1, -0.05) is 30.0 Å². The van der Waals surface area contributed by atoms with E-state index in [2.05, 4.69) is 10.2 Å². The van der Waals surface area contributed by atoms with Crippen molar-refractivity contribution in [2.24, 2.45) is 0 Å². The summed E-state index contributed by atoms with van der Waals surface area (Å²) in [6, 6.07) is 8.94. The fourth-order valence-corrected chi connectivity index (χ4v) is 5.12. The number of thioether (sulfide) groups is 1. The standard InChI is InChI=1S/C19H27N5O3S2/c1-3-23-17(14-24(29(2,26)27)16-10-6-4-7-11-16)20-21-19(23)28-15-18(25)22-12-8-5-9-13-22/h4,6-7,10-11H,3,5,8-9,12-15H2,1-2H3. The predicted octanol–water partition coefficient (Wildman–Crippen LogP) is 2.37. The van der Waals surface area contributed by atoms with Crippen LogP contribution in [-0.4, -0.2) is 59.1 Å². The summed E-state index contributed by atoms with van der Waals surface area (Å²) in [6.45, 7) is 4.28. The lowest BCUT2D eigenvalue weighted by molar-refractivity contribution is -0.129. The highest BCUT2D eigenvalue weighted by atomic mass is 32.2. The van der Waals surface area contributed by atoms with Gasteiger partial charge in [-0.15, -0.1) is 10.2 Å².